The molecule has 13 rings (SSSR count). The van der Waals surface area contributed by atoms with Gasteiger partial charge < -0.3 is 14.7 Å². The second-order valence-electron chi connectivity index (χ2n) is 20.2. The maximum atomic E-state index is 2.40. The van der Waals surface area contributed by atoms with E-state index in [0.29, 0.717) is 0 Å². The number of nitrogens with zero attached hydrogens (tertiary/aromatic N) is 3. The predicted molar refractivity (Wildman–Crippen MR) is 349 cm³/mol. The van der Waals surface area contributed by atoms with E-state index in [1.165, 1.54) is 49.0 Å². The molecule has 0 heterocycles. The Morgan fingerprint density at radius 2 is 0.333 bits per heavy atom. The lowest BCUT2D eigenvalue weighted by Gasteiger charge is -2.28. The highest BCUT2D eigenvalue weighted by Crippen LogP contribution is 2.46. The summed E-state index contributed by atoms with van der Waals surface area (Å²) in [7, 11) is 0. The number of para-hydroxylation sites is 3. The van der Waals surface area contributed by atoms with Crippen LogP contribution in [0.3, 0.4) is 0 Å². The van der Waals surface area contributed by atoms with E-state index in [2.05, 4.69) is 361 Å². The Kier molecular flexibility index (Phi) is 14.2. The van der Waals surface area contributed by atoms with Crippen LogP contribution in [0.25, 0.3) is 68.8 Å². The van der Waals surface area contributed by atoms with Crippen LogP contribution in [0.1, 0.15) is 33.4 Å². The van der Waals surface area contributed by atoms with Crippen LogP contribution in [-0.2, 0) is 0 Å². The van der Waals surface area contributed by atoms with Crippen molar-refractivity contribution >= 4 is 120 Å². The van der Waals surface area contributed by atoms with Crippen LogP contribution >= 0.6 is 0 Å². The third kappa shape index (κ3) is 10.9. The molecule has 13 aromatic rings. The Labute approximate surface area is 474 Å². The first-order valence-electron chi connectivity index (χ1n) is 27.6. The third-order valence-corrected chi connectivity index (χ3v) is 15.0. The highest BCUT2D eigenvalue weighted by Gasteiger charge is 2.20. The standard InChI is InChI=1S/C78H57N3/c1-7-19-58(20-8-1)31-34-61-37-43-67(44-38-61)79(64-25-13-4-14-26-64)70-49-52-73-76(55-70)74-53-50-71(80(65-27-15-5-16-28-65)68-45-39-62(40-46-68)35-32-59-21-9-2-10-22-59)57-78(74)75-54-51-72(56-77(73)75)81(66-29-17-6-18-30-66)69-47-41-63(42-48-69)36-33-60-23-11-3-12-24-60/h1-57H/b34-31+,35-32+,36-33+. The van der Waals surface area contributed by atoms with Gasteiger partial charge in [0.05, 0.1) is 0 Å². The van der Waals surface area contributed by atoms with Gasteiger partial charge in [-0.1, -0.05) is 237 Å². The van der Waals surface area contributed by atoms with E-state index >= 15 is 0 Å². The molecule has 0 unspecified atom stereocenters. The molecule has 0 aromatic heterocycles. The zero-order chi connectivity index (χ0) is 54.2. The summed E-state index contributed by atoms with van der Waals surface area (Å²) in [4.78, 5) is 7.11. The minimum absolute atomic E-state index is 1.07. The molecule has 3 nitrogen and oxygen atoms in total. The van der Waals surface area contributed by atoms with Crippen molar-refractivity contribution in [3.8, 4) is 0 Å². The highest BCUT2D eigenvalue weighted by molar-refractivity contribution is 6.27. The average molecular weight is 1040 g/mol. The van der Waals surface area contributed by atoms with E-state index in [1.54, 1.807) is 0 Å². The highest BCUT2D eigenvalue weighted by atomic mass is 15.2. The van der Waals surface area contributed by atoms with Gasteiger partial charge in [-0.15, -0.1) is 0 Å². The first-order valence-corrected chi connectivity index (χ1v) is 27.6. The summed E-state index contributed by atoms with van der Waals surface area (Å²) in [5.74, 6) is 0. The van der Waals surface area contributed by atoms with Gasteiger partial charge in [-0.2, -0.15) is 0 Å². The number of hydrogen-bond donors (Lipinski definition) is 0. The van der Waals surface area contributed by atoms with E-state index < -0.39 is 0 Å². The fourth-order valence-corrected chi connectivity index (χ4v) is 10.9. The van der Waals surface area contributed by atoms with Crippen molar-refractivity contribution in [1.82, 2.24) is 0 Å². The summed E-state index contributed by atoms with van der Waals surface area (Å²) in [6, 6.07) is 111. The second kappa shape index (κ2) is 23.1. The Hall–Kier alpha value is -10.7. The summed E-state index contributed by atoms with van der Waals surface area (Å²) >= 11 is 0. The molecule has 81 heavy (non-hydrogen) atoms. The number of anilines is 9. The van der Waals surface area contributed by atoms with Crippen LogP contribution in [0.5, 0.6) is 0 Å². The van der Waals surface area contributed by atoms with Crippen molar-refractivity contribution in [3.63, 3.8) is 0 Å². The van der Waals surface area contributed by atoms with Gasteiger partial charge in [-0.05, 0) is 175 Å². The van der Waals surface area contributed by atoms with Crippen molar-refractivity contribution in [2.45, 2.75) is 0 Å². The van der Waals surface area contributed by atoms with Gasteiger partial charge >= 0.3 is 0 Å². The monoisotopic (exact) mass is 1040 g/mol. The van der Waals surface area contributed by atoms with Crippen LogP contribution in [0.15, 0.2) is 309 Å². The predicted octanol–water partition coefficient (Wildman–Crippen LogP) is 22.1. The smallest absolute Gasteiger partial charge is 0.0468 e. The SMILES string of the molecule is C(=C\c1ccc(N(c2ccccc2)c2ccc3c(c2)c2ccc(N(c4ccccc4)c4ccc(/C=C/c5ccccc5)cc4)cc2c2ccc(N(c4ccccc4)c4ccc(/C=C/c5ccccc5)cc4)cc32)cc1)/c1ccccc1. The molecule has 3 heteroatoms. The Balaban J connectivity index is 0.974. The van der Waals surface area contributed by atoms with Crippen molar-refractivity contribution in [3.05, 3.63) is 343 Å². The van der Waals surface area contributed by atoms with Crippen LogP contribution in [0.2, 0.25) is 0 Å². The lowest BCUT2D eigenvalue weighted by atomic mass is 9.92. The molecule has 0 saturated carbocycles. The minimum Gasteiger partial charge on any atom is -0.310 e. The molecule has 0 N–H and O–H groups in total. The first kappa shape index (κ1) is 49.8. The topological polar surface area (TPSA) is 9.72 Å². The van der Waals surface area contributed by atoms with Crippen molar-refractivity contribution in [2.75, 3.05) is 14.7 Å². The number of fused-ring (bicyclic) bond motifs is 6. The van der Waals surface area contributed by atoms with Crippen LogP contribution in [0, 0.1) is 0 Å². The van der Waals surface area contributed by atoms with Gasteiger partial charge in [-0.25, -0.2) is 0 Å². The van der Waals surface area contributed by atoms with E-state index in [0.717, 1.165) is 67.9 Å². The molecule has 0 atom stereocenters. The minimum atomic E-state index is 1.07. The zero-order valence-electron chi connectivity index (χ0n) is 44.8. The molecule has 0 aliphatic rings. The van der Waals surface area contributed by atoms with E-state index in [4.69, 9.17) is 0 Å². The molecule has 0 radical (unpaired) electrons. The van der Waals surface area contributed by atoms with Gasteiger partial charge in [0.1, 0.15) is 0 Å². The fraction of sp³-hybridized carbons (Fsp3) is 0. The lowest BCUT2D eigenvalue weighted by molar-refractivity contribution is 1.28. The molecule has 0 fully saturated rings. The molecule has 0 aliphatic heterocycles. The maximum Gasteiger partial charge on any atom is 0.0468 e. The number of rotatable bonds is 15. The molecule has 384 valence electrons. The molecule has 0 aliphatic carbocycles. The van der Waals surface area contributed by atoms with Crippen molar-refractivity contribution in [2.24, 2.45) is 0 Å². The van der Waals surface area contributed by atoms with Gasteiger partial charge in [0, 0.05) is 51.2 Å². The Morgan fingerprint density at radius 1 is 0.148 bits per heavy atom. The summed E-state index contributed by atoms with van der Waals surface area (Å²) in [5.41, 5.74) is 16.6. The maximum absolute atomic E-state index is 2.40. The quantitative estimate of drug-likeness (QED) is 0.0748. The van der Waals surface area contributed by atoms with Crippen molar-refractivity contribution in [1.29, 1.82) is 0 Å². The molecule has 0 spiro atoms. The first-order chi connectivity index (χ1) is 40.1. The molecule has 0 bridgehead atoms. The average Bonchev–Trinajstić information content (AvgIpc) is 3.72. The van der Waals surface area contributed by atoms with Crippen LogP contribution in [0.4, 0.5) is 51.2 Å². The van der Waals surface area contributed by atoms with Crippen LogP contribution < -0.4 is 14.7 Å². The van der Waals surface area contributed by atoms with Gasteiger partial charge in [0.15, 0.2) is 0 Å². The Morgan fingerprint density at radius 3 is 0.568 bits per heavy atom. The summed E-state index contributed by atoms with van der Waals surface area (Å²) in [6.45, 7) is 0. The largest absolute Gasteiger partial charge is 0.310 e. The normalized spacial score (nSPS) is 11.6. The van der Waals surface area contributed by atoms with Gasteiger partial charge in [0.25, 0.3) is 0 Å². The molecule has 13 aromatic carbocycles. The van der Waals surface area contributed by atoms with Gasteiger partial charge in [-0.3, -0.25) is 0 Å². The van der Waals surface area contributed by atoms with E-state index in [-0.39, 0.29) is 0 Å². The van der Waals surface area contributed by atoms with Crippen molar-refractivity contribution < 1.29 is 0 Å². The summed E-state index contributed by atoms with van der Waals surface area (Å²) < 4.78 is 0. The summed E-state index contributed by atoms with van der Waals surface area (Å²) in [5, 5.41) is 7.05. The number of benzene rings is 13. The molecular weight excluding hydrogens is 979 g/mol. The summed E-state index contributed by atoms with van der Waals surface area (Å²) in [6.07, 6.45) is 13.0. The van der Waals surface area contributed by atoms with E-state index in [1.807, 2.05) is 0 Å². The zero-order valence-corrected chi connectivity index (χ0v) is 44.8. The third-order valence-electron chi connectivity index (χ3n) is 15.0. The second-order valence-corrected chi connectivity index (χ2v) is 20.2. The fourth-order valence-electron chi connectivity index (χ4n) is 10.9. The number of hydrogen-bond acceptors (Lipinski definition) is 3. The Bertz CT molecular complexity index is 3850. The van der Waals surface area contributed by atoms with Crippen LogP contribution in [-0.4, -0.2) is 0 Å². The lowest BCUT2D eigenvalue weighted by Crippen LogP contribution is -2.10. The molecular formula is C78H57N3. The molecule has 0 saturated heterocycles. The van der Waals surface area contributed by atoms with E-state index in [9.17, 15) is 0 Å². The molecule has 0 amide bonds. The van der Waals surface area contributed by atoms with Gasteiger partial charge in [0.2, 0.25) is 0 Å².